The van der Waals surface area contributed by atoms with Crippen LogP contribution < -0.4 is 9.47 Å². The van der Waals surface area contributed by atoms with Gasteiger partial charge >= 0.3 is 0 Å². The lowest BCUT2D eigenvalue weighted by atomic mass is 10.3. The maximum absolute atomic E-state index is 5.74. The monoisotopic (exact) mass is 272 g/mol. The molecule has 2 heterocycles. The molecule has 0 bridgehead atoms. The fourth-order valence-electron chi connectivity index (χ4n) is 1.62. The van der Waals surface area contributed by atoms with Crippen LogP contribution in [0.4, 0.5) is 0 Å². The van der Waals surface area contributed by atoms with E-state index < -0.39 is 0 Å². The number of thiophene rings is 1. The van der Waals surface area contributed by atoms with E-state index in [0.717, 1.165) is 30.9 Å². The van der Waals surface area contributed by atoms with Crippen molar-refractivity contribution < 1.29 is 18.9 Å². The Hall–Kier alpha value is -0.780. The summed E-state index contributed by atoms with van der Waals surface area (Å²) < 4.78 is 22.2. The predicted molar refractivity (Wildman–Crippen MR) is 70.8 cm³/mol. The van der Waals surface area contributed by atoms with Crippen molar-refractivity contribution >= 4 is 11.3 Å². The second-order valence-corrected chi connectivity index (χ2v) is 4.94. The smallest absolute Gasteiger partial charge is 0.172 e. The molecule has 102 valence electrons. The average Bonchev–Trinajstić information content (AvgIpc) is 2.85. The van der Waals surface area contributed by atoms with Crippen LogP contribution in [-0.4, -0.2) is 39.1 Å². The van der Waals surface area contributed by atoms with Crippen LogP contribution >= 0.6 is 11.3 Å². The number of ether oxygens (including phenoxy) is 4. The van der Waals surface area contributed by atoms with Crippen molar-refractivity contribution in [1.29, 1.82) is 0 Å². The molecule has 0 amide bonds. The summed E-state index contributed by atoms with van der Waals surface area (Å²) in [6.45, 7) is 5.34. The first kappa shape index (κ1) is 13.6. The Morgan fingerprint density at radius 2 is 2.06 bits per heavy atom. The van der Waals surface area contributed by atoms with Crippen LogP contribution in [-0.2, 0) is 9.47 Å². The molecule has 2 rings (SSSR count). The molecule has 0 saturated heterocycles. The number of unbranched alkanes of at least 4 members (excludes halogenated alkanes) is 1. The van der Waals surface area contributed by atoms with Crippen LogP contribution in [0.1, 0.15) is 19.8 Å². The summed E-state index contributed by atoms with van der Waals surface area (Å²) in [5, 5.41) is 3.91. The Morgan fingerprint density at radius 1 is 1.22 bits per heavy atom. The molecule has 1 unspecified atom stereocenters. The molecule has 5 heteroatoms. The highest BCUT2D eigenvalue weighted by molar-refractivity contribution is 7.08. The van der Waals surface area contributed by atoms with Gasteiger partial charge < -0.3 is 18.9 Å². The molecule has 0 aromatic carbocycles. The first-order valence-corrected chi connectivity index (χ1v) is 7.35. The highest BCUT2D eigenvalue weighted by Gasteiger charge is 2.21. The number of rotatable bonds is 8. The molecule has 1 aromatic rings. The fourth-order valence-corrected chi connectivity index (χ4v) is 2.30. The zero-order valence-electron chi connectivity index (χ0n) is 10.7. The summed E-state index contributed by atoms with van der Waals surface area (Å²) in [6, 6.07) is 0. The standard InChI is InChI=1S/C13H20O4S/c1-2-3-4-14-5-6-15-7-11-8-16-12-9-18-10-13(12)17-11/h9-11H,2-8H2,1H3. The first-order chi connectivity index (χ1) is 8.90. The minimum absolute atomic E-state index is 0.0114. The van der Waals surface area contributed by atoms with Gasteiger partial charge in [-0.3, -0.25) is 0 Å². The molecule has 0 radical (unpaired) electrons. The maximum Gasteiger partial charge on any atom is 0.172 e. The van der Waals surface area contributed by atoms with E-state index in [-0.39, 0.29) is 6.10 Å². The molecule has 1 aromatic heterocycles. The normalized spacial score (nSPS) is 17.9. The molecule has 1 aliphatic heterocycles. The number of hydrogen-bond acceptors (Lipinski definition) is 5. The van der Waals surface area contributed by atoms with Gasteiger partial charge in [-0.1, -0.05) is 13.3 Å². The van der Waals surface area contributed by atoms with Gasteiger partial charge in [0.05, 0.1) is 19.8 Å². The van der Waals surface area contributed by atoms with Crippen molar-refractivity contribution in [2.75, 3.05) is 33.0 Å². The number of hydrogen-bond donors (Lipinski definition) is 0. The van der Waals surface area contributed by atoms with E-state index in [1.165, 1.54) is 0 Å². The summed E-state index contributed by atoms with van der Waals surface area (Å²) in [7, 11) is 0. The highest BCUT2D eigenvalue weighted by atomic mass is 32.1. The second-order valence-electron chi connectivity index (χ2n) is 4.19. The van der Waals surface area contributed by atoms with E-state index in [9.17, 15) is 0 Å². The highest BCUT2D eigenvalue weighted by Crippen LogP contribution is 2.35. The molecular weight excluding hydrogens is 252 g/mol. The first-order valence-electron chi connectivity index (χ1n) is 6.41. The van der Waals surface area contributed by atoms with Gasteiger partial charge in [-0.05, 0) is 6.42 Å². The van der Waals surface area contributed by atoms with E-state index in [1.807, 2.05) is 10.8 Å². The predicted octanol–water partition coefficient (Wildman–Crippen LogP) is 2.72. The molecule has 1 aliphatic rings. The van der Waals surface area contributed by atoms with Gasteiger partial charge in [-0.15, -0.1) is 11.3 Å². The van der Waals surface area contributed by atoms with Crippen molar-refractivity contribution in [3.8, 4) is 11.5 Å². The average molecular weight is 272 g/mol. The molecule has 4 nitrogen and oxygen atoms in total. The fraction of sp³-hybridized carbons (Fsp3) is 0.692. The van der Waals surface area contributed by atoms with E-state index >= 15 is 0 Å². The van der Waals surface area contributed by atoms with Gasteiger partial charge in [0.25, 0.3) is 0 Å². The zero-order chi connectivity index (χ0) is 12.6. The molecule has 1 atom stereocenters. The molecule has 0 spiro atoms. The van der Waals surface area contributed by atoms with E-state index in [2.05, 4.69) is 6.92 Å². The minimum Gasteiger partial charge on any atom is -0.485 e. The zero-order valence-corrected chi connectivity index (χ0v) is 11.5. The third kappa shape index (κ3) is 4.15. The van der Waals surface area contributed by atoms with Gasteiger partial charge in [-0.25, -0.2) is 0 Å². The van der Waals surface area contributed by atoms with E-state index in [0.29, 0.717) is 26.4 Å². The third-order valence-corrected chi connectivity index (χ3v) is 3.33. The topological polar surface area (TPSA) is 36.9 Å². The van der Waals surface area contributed by atoms with Crippen LogP contribution in [0.3, 0.4) is 0 Å². The van der Waals surface area contributed by atoms with E-state index in [4.69, 9.17) is 18.9 Å². The van der Waals surface area contributed by atoms with Gasteiger partial charge in [0.1, 0.15) is 6.61 Å². The van der Waals surface area contributed by atoms with Crippen LogP contribution in [0.2, 0.25) is 0 Å². The Morgan fingerprint density at radius 3 is 2.94 bits per heavy atom. The largest absolute Gasteiger partial charge is 0.485 e. The second kappa shape index (κ2) is 7.61. The van der Waals surface area contributed by atoms with Crippen molar-refractivity contribution in [3.05, 3.63) is 10.8 Å². The molecule has 18 heavy (non-hydrogen) atoms. The van der Waals surface area contributed by atoms with Gasteiger partial charge in [0, 0.05) is 17.4 Å². The summed E-state index contributed by atoms with van der Waals surface area (Å²) in [5.74, 6) is 1.68. The van der Waals surface area contributed by atoms with Gasteiger partial charge in [0.15, 0.2) is 17.6 Å². The van der Waals surface area contributed by atoms with Crippen molar-refractivity contribution in [2.24, 2.45) is 0 Å². The Labute approximate surface area is 112 Å². The Bertz CT molecular complexity index is 339. The summed E-state index contributed by atoms with van der Waals surface area (Å²) in [5.41, 5.74) is 0. The molecule has 0 N–H and O–H groups in total. The molecule has 0 aliphatic carbocycles. The Kier molecular flexibility index (Phi) is 5.77. The lowest BCUT2D eigenvalue weighted by Gasteiger charge is -2.24. The lowest BCUT2D eigenvalue weighted by molar-refractivity contribution is -0.0120. The van der Waals surface area contributed by atoms with E-state index in [1.54, 1.807) is 11.3 Å². The molecular formula is C13H20O4S. The summed E-state index contributed by atoms with van der Waals surface area (Å²) in [4.78, 5) is 0. The molecule has 0 fully saturated rings. The van der Waals surface area contributed by atoms with Crippen molar-refractivity contribution in [2.45, 2.75) is 25.9 Å². The quantitative estimate of drug-likeness (QED) is 0.682. The van der Waals surface area contributed by atoms with Gasteiger partial charge in [-0.2, -0.15) is 0 Å². The minimum atomic E-state index is -0.0114. The Balaban J connectivity index is 1.53. The maximum atomic E-state index is 5.74. The number of fused-ring (bicyclic) bond motifs is 1. The lowest BCUT2D eigenvalue weighted by Crippen LogP contribution is -2.33. The van der Waals surface area contributed by atoms with Crippen molar-refractivity contribution in [3.63, 3.8) is 0 Å². The van der Waals surface area contributed by atoms with Crippen molar-refractivity contribution in [1.82, 2.24) is 0 Å². The molecule has 0 saturated carbocycles. The van der Waals surface area contributed by atoms with Crippen LogP contribution in [0.5, 0.6) is 11.5 Å². The SMILES string of the molecule is CCCCOCCOCC1COc2cscc2O1. The van der Waals surface area contributed by atoms with Gasteiger partial charge in [0.2, 0.25) is 0 Å². The third-order valence-electron chi connectivity index (χ3n) is 2.63. The van der Waals surface area contributed by atoms with Crippen LogP contribution in [0, 0.1) is 0 Å². The van der Waals surface area contributed by atoms with Crippen LogP contribution in [0.25, 0.3) is 0 Å². The van der Waals surface area contributed by atoms with Crippen LogP contribution in [0.15, 0.2) is 10.8 Å². The summed E-state index contributed by atoms with van der Waals surface area (Å²) in [6.07, 6.45) is 2.26. The summed E-state index contributed by atoms with van der Waals surface area (Å²) >= 11 is 1.59.